The number of anilines is 2. The molecule has 8 heteroatoms. The molecule has 0 radical (unpaired) electrons. The zero-order valence-corrected chi connectivity index (χ0v) is 22.7. The lowest BCUT2D eigenvalue weighted by Crippen LogP contribution is -2.29. The van der Waals surface area contributed by atoms with Gasteiger partial charge in [-0.2, -0.15) is 10.1 Å². The van der Waals surface area contributed by atoms with E-state index in [0.29, 0.717) is 11.9 Å². The van der Waals surface area contributed by atoms with Crippen LogP contribution in [0.1, 0.15) is 56.9 Å². The fourth-order valence-electron chi connectivity index (χ4n) is 5.93. The Balaban J connectivity index is 1.22. The van der Waals surface area contributed by atoms with Gasteiger partial charge in [-0.05, 0) is 81.4 Å². The van der Waals surface area contributed by atoms with Gasteiger partial charge in [0.1, 0.15) is 11.5 Å². The number of hydrogen-bond donors (Lipinski definition) is 2. The van der Waals surface area contributed by atoms with E-state index in [0.717, 1.165) is 92.8 Å². The topological polar surface area (TPSA) is 92.0 Å². The van der Waals surface area contributed by atoms with Gasteiger partial charge < -0.3 is 15.3 Å². The number of nitrogens with zero attached hydrogens (tertiary/aromatic N) is 6. The third kappa shape index (κ3) is 6.22. The molecule has 0 bridgehead atoms. The van der Waals surface area contributed by atoms with Crippen LogP contribution in [0.5, 0.6) is 0 Å². The Labute approximate surface area is 230 Å². The highest BCUT2D eigenvalue weighted by atomic mass is 16.3. The summed E-state index contributed by atoms with van der Waals surface area (Å²) < 4.78 is 2.06. The third-order valence-electron chi connectivity index (χ3n) is 8.21. The molecule has 39 heavy (non-hydrogen) atoms. The van der Waals surface area contributed by atoms with Crippen molar-refractivity contribution in [2.75, 3.05) is 29.9 Å². The van der Waals surface area contributed by atoms with E-state index < -0.39 is 0 Å². The zero-order valence-electron chi connectivity index (χ0n) is 22.7. The Bertz CT molecular complexity index is 1340. The van der Waals surface area contributed by atoms with Crippen molar-refractivity contribution in [3.05, 3.63) is 60.4 Å². The first-order valence-electron chi connectivity index (χ1n) is 14.6. The van der Waals surface area contributed by atoms with E-state index in [9.17, 15) is 5.11 Å². The maximum atomic E-state index is 9.98. The highest BCUT2D eigenvalue weighted by molar-refractivity contribution is 5.91. The van der Waals surface area contributed by atoms with Crippen molar-refractivity contribution in [3.63, 3.8) is 0 Å². The van der Waals surface area contributed by atoms with Crippen molar-refractivity contribution in [2.24, 2.45) is 5.92 Å². The number of benzene rings is 1. The molecule has 8 nitrogen and oxygen atoms in total. The van der Waals surface area contributed by atoms with Crippen LogP contribution in [-0.4, -0.2) is 55.6 Å². The molecule has 6 rings (SSSR count). The molecule has 1 aromatic carbocycles. The number of nitrogens with one attached hydrogen (secondary N) is 1. The summed E-state index contributed by atoms with van der Waals surface area (Å²) in [7, 11) is 0. The number of aliphatic hydroxyl groups is 1. The molecule has 0 amide bonds. The molecule has 0 unspecified atom stereocenters. The maximum Gasteiger partial charge on any atom is 0.224 e. The zero-order chi connectivity index (χ0) is 26.4. The van der Waals surface area contributed by atoms with E-state index in [1.807, 2.05) is 12.4 Å². The fraction of sp³-hybridized carbons (Fsp3) is 0.484. The molecule has 4 aromatic rings. The van der Waals surface area contributed by atoms with Crippen LogP contribution in [0, 0.1) is 5.92 Å². The van der Waals surface area contributed by atoms with Gasteiger partial charge in [0.15, 0.2) is 5.65 Å². The molecule has 4 heterocycles. The summed E-state index contributed by atoms with van der Waals surface area (Å²) in [5.74, 6) is 2.17. The Hall–Kier alpha value is -3.52. The van der Waals surface area contributed by atoms with Crippen molar-refractivity contribution >= 4 is 22.8 Å². The first-order chi connectivity index (χ1) is 19.2. The number of pyridine rings is 1. The molecule has 1 aliphatic carbocycles. The second-order valence-electron chi connectivity index (χ2n) is 11.1. The minimum Gasteiger partial charge on any atom is -0.393 e. The van der Waals surface area contributed by atoms with E-state index >= 15 is 0 Å². The normalized spacial score (nSPS) is 19.9. The van der Waals surface area contributed by atoms with Crippen LogP contribution in [0.4, 0.5) is 11.8 Å². The predicted octanol–water partition coefficient (Wildman–Crippen LogP) is 5.47. The molecule has 2 N–H and O–H groups in total. The summed E-state index contributed by atoms with van der Waals surface area (Å²) >= 11 is 0. The summed E-state index contributed by atoms with van der Waals surface area (Å²) in [6.07, 6.45) is 13.2. The molecule has 1 aliphatic heterocycles. The minimum atomic E-state index is -0.162. The van der Waals surface area contributed by atoms with E-state index in [4.69, 9.17) is 15.1 Å². The number of aromatic nitrogens is 5. The van der Waals surface area contributed by atoms with Crippen LogP contribution >= 0.6 is 0 Å². The summed E-state index contributed by atoms with van der Waals surface area (Å²) in [5, 5.41) is 19.4. The van der Waals surface area contributed by atoms with Crippen LogP contribution in [0.3, 0.4) is 0 Å². The van der Waals surface area contributed by atoms with Gasteiger partial charge in [-0.25, -0.2) is 14.6 Å². The average Bonchev–Trinajstić information content (AvgIpc) is 3.35. The summed E-state index contributed by atoms with van der Waals surface area (Å²) in [4.78, 5) is 16.8. The summed E-state index contributed by atoms with van der Waals surface area (Å²) in [6, 6.07) is 14.8. The van der Waals surface area contributed by atoms with Crippen molar-refractivity contribution in [1.82, 2.24) is 24.7 Å². The number of hydrogen-bond acceptors (Lipinski definition) is 7. The lowest BCUT2D eigenvalue weighted by atomic mass is 9.87. The van der Waals surface area contributed by atoms with E-state index in [-0.39, 0.29) is 6.10 Å². The van der Waals surface area contributed by atoms with Crippen LogP contribution in [-0.2, 0) is 13.0 Å². The van der Waals surface area contributed by atoms with E-state index in [1.165, 1.54) is 24.8 Å². The Morgan fingerprint density at radius 1 is 0.897 bits per heavy atom. The number of aliphatic hydroxyl groups excluding tert-OH is 1. The summed E-state index contributed by atoms with van der Waals surface area (Å²) in [6.45, 7) is 3.76. The second-order valence-corrected chi connectivity index (χ2v) is 11.1. The molecule has 3 aromatic heterocycles. The number of aryl methyl sites for hydroxylation is 1. The van der Waals surface area contributed by atoms with Crippen molar-refractivity contribution < 1.29 is 5.11 Å². The SMILES string of the molecule is OC1CCC(Cn2nc(-c3ccc(N4CCCCC4)nc3)c3cnc(NCCCc4ccccc4)nc32)CC1. The van der Waals surface area contributed by atoms with Crippen LogP contribution in [0.15, 0.2) is 54.9 Å². The molecule has 1 saturated heterocycles. The predicted molar refractivity (Wildman–Crippen MR) is 156 cm³/mol. The Morgan fingerprint density at radius 2 is 1.72 bits per heavy atom. The standard InChI is InChI=1S/C31H39N7O/c39-26-14-11-24(12-15-26)22-38-30-27(21-34-31(35-30)32-17-7-10-23-8-3-1-4-9-23)29(36-38)25-13-16-28(33-20-25)37-18-5-2-6-19-37/h1,3-4,8-9,13,16,20-21,24,26,39H,2,5-7,10-12,14-15,17-19,22H2,(H,32,34,35). The minimum absolute atomic E-state index is 0.162. The molecule has 0 spiro atoms. The number of piperidine rings is 1. The largest absolute Gasteiger partial charge is 0.393 e. The van der Waals surface area contributed by atoms with Gasteiger partial charge in [-0.15, -0.1) is 0 Å². The lowest BCUT2D eigenvalue weighted by molar-refractivity contribution is 0.103. The van der Waals surface area contributed by atoms with E-state index in [1.54, 1.807) is 0 Å². The van der Waals surface area contributed by atoms with Crippen molar-refractivity contribution in [2.45, 2.75) is 70.4 Å². The molecular formula is C31H39N7O. The second kappa shape index (κ2) is 12.1. The molecule has 1 saturated carbocycles. The van der Waals surface area contributed by atoms with Crippen LogP contribution < -0.4 is 10.2 Å². The third-order valence-corrected chi connectivity index (χ3v) is 8.21. The lowest BCUT2D eigenvalue weighted by Gasteiger charge is -2.27. The smallest absolute Gasteiger partial charge is 0.224 e. The first kappa shape index (κ1) is 25.7. The molecule has 204 valence electrons. The van der Waals surface area contributed by atoms with Gasteiger partial charge >= 0.3 is 0 Å². The van der Waals surface area contributed by atoms with Crippen molar-refractivity contribution in [3.8, 4) is 11.3 Å². The summed E-state index contributed by atoms with van der Waals surface area (Å²) in [5.41, 5.74) is 4.08. The highest BCUT2D eigenvalue weighted by Gasteiger charge is 2.23. The van der Waals surface area contributed by atoms with E-state index in [2.05, 4.69) is 62.3 Å². The molecule has 2 aliphatic rings. The van der Waals surface area contributed by atoms with Gasteiger partial charge in [0, 0.05) is 44.1 Å². The Kier molecular flexibility index (Phi) is 8.00. The quantitative estimate of drug-likeness (QED) is 0.280. The first-order valence-corrected chi connectivity index (χ1v) is 14.6. The van der Waals surface area contributed by atoms with Gasteiger partial charge in [0.2, 0.25) is 5.95 Å². The van der Waals surface area contributed by atoms with Gasteiger partial charge in [-0.3, -0.25) is 0 Å². The fourth-order valence-corrected chi connectivity index (χ4v) is 5.93. The van der Waals surface area contributed by atoms with Crippen LogP contribution in [0.25, 0.3) is 22.3 Å². The van der Waals surface area contributed by atoms with Gasteiger partial charge in [0.05, 0.1) is 11.5 Å². The number of rotatable bonds is 9. The molecule has 0 atom stereocenters. The maximum absolute atomic E-state index is 9.98. The monoisotopic (exact) mass is 525 g/mol. The molecular weight excluding hydrogens is 486 g/mol. The average molecular weight is 526 g/mol. The van der Waals surface area contributed by atoms with Crippen molar-refractivity contribution in [1.29, 1.82) is 0 Å². The molecule has 2 fully saturated rings. The van der Waals surface area contributed by atoms with Gasteiger partial charge in [0.25, 0.3) is 0 Å². The Morgan fingerprint density at radius 3 is 2.49 bits per heavy atom. The number of fused-ring (bicyclic) bond motifs is 1. The van der Waals surface area contributed by atoms with Gasteiger partial charge in [-0.1, -0.05) is 30.3 Å². The van der Waals surface area contributed by atoms with Crippen LogP contribution in [0.2, 0.25) is 0 Å². The highest BCUT2D eigenvalue weighted by Crippen LogP contribution is 2.31.